The summed E-state index contributed by atoms with van der Waals surface area (Å²) in [6.07, 6.45) is 3.13. The second-order valence-corrected chi connectivity index (χ2v) is 5.83. The quantitative estimate of drug-likeness (QED) is 0.837. The average molecular weight is 277 g/mol. The number of hydrogen-bond acceptors (Lipinski definition) is 2. The highest BCUT2D eigenvalue weighted by atomic mass is 35.5. The largest absolute Gasteiger partial charge is 0.342 e. The Morgan fingerprint density at radius 1 is 1.39 bits per heavy atom. The molecule has 108 valence electrons. The van der Waals surface area contributed by atoms with E-state index in [0.29, 0.717) is 30.1 Å². The molecule has 1 amide bonds. The fraction of sp³-hybridized carbons (Fsp3) is 0.929. The lowest BCUT2D eigenvalue weighted by Gasteiger charge is -2.33. The van der Waals surface area contributed by atoms with Crippen LogP contribution in [-0.2, 0) is 4.79 Å². The summed E-state index contributed by atoms with van der Waals surface area (Å²) in [5.74, 6) is 2.09. The first kappa shape index (κ1) is 17.7. The molecule has 1 rings (SSSR count). The molecule has 0 bridgehead atoms. The van der Waals surface area contributed by atoms with E-state index in [0.717, 1.165) is 26.1 Å². The van der Waals surface area contributed by atoms with Crippen LogP contribution in [0.3, 0.4) is 0 Å². The summed E-state index contributed by atoms with van der Waals surface area (Å²) in [7, 11) is 1.99. The summed E-state index contributed by atoms with van der Waals surface area (Å²) in [5.41, 5.74) is 0. The Hall–Kier alpha value is -0.280. The molecule has 1 aliphatic rings. The number of likely N-dealkylation sites (tertiary alicyclic amines) is 1. The van der Waals surface area contributed by atoms with E-state index in [4.69, 9.17) is 0 Å². The molecule has 1 aliphatic heterocycles. The average Bonchev–Trinajstić information content (AvgIpc) is 2.29. The maximum atomic E-state index is 12.2. The number of hydrogen-bond donors (Lipinski definition) is 1. The number of rotatable bonds is 5. The molecule has 1 heterocycles. The molecule has 0 aliphatic carbocycles. The lowest BCUT2D eigenvalue weighted by molar-refractivity contribution is -0.134. The van der Waals surface area contributed by atoms with Crippen LogP contribution >= 0.6 is 12.4 Å². The van der Waals surface area contributed by atoms with Gasteiger partial charge >= 0.3 is 0 Å². The van der Waals surface area contributed by atoms with E-state index in [1.165, 1.54) is 6.42 Å². The van der Waals surface area contributed by atoms with Crippen molar-refractivity contribution in [2.45, 2.75) is 40.0 Å². The Kier molecular flexibility index (Phi) is 8.62. The van der Waals surface area contributed by atoms with Crippen LogP contribution in [0, 0.1) is 17.8 Å². The molecular formula is C14H29ClN2O. The summed E-state index contributed by atoms with van der Waals surface area (Å²) in [5, 5.41) is 3.22. The van der Waals surface area contributed by atoms with Gasteiger partial charge in [0.15, 0.2) is 0 Å². The van der Waals surface area contributed by atoms with E-state index in [-0.39, 0.29) is 12.4 Å². The molecule has 0 aromatic rings. The van der Waals surface area contributed by atoms with Crippen molar-refractivity contribution < 1.29 is 4.79 Å². The topological polar surface area (TPSA) is 32.3 Å². The molecule has 0 saturated carbocycles. The molecule has 0 radical (unpaired) electrons. The van der Waals surface area contributed by atoms with Gasteiger partial charge in [0, 0.05) is 19.5 Å². The van der Waals surface area contributed by atoms with Gasteiger partial charge in [0.1, 0.15) is 0 Å². The van der Waals surface area contributed by atoms with Crippen molar-refractivity contribution in [2.24, 2.45) is 17.8 Å². The lowest BCUT2D eigenvalue weighted by atomic mass is 9.92. The Morgan fingerprint density at radius 2 is 2.06 bits per heavy atom. The van der Waals surface area contributed by atoms with Crippen molar-refractivity contribution >= 4 is 18.3 Å². The molecule has 1 N–H and O–H groups in total. The molecule has 2 unspecified atom stereocenters. The fourth-order valence-electron chi connectivity index (χ4n) is 2.39. The van der Waals surface area contributed by atoms with Gasteiger partial charge in [-0.15, -0.1) is 12.4 Å². The fourth-order valence-corrected chi connectivity index (χ4v) is 2.39. The number of nitrogens with one attached hydrogen (secondary N) is 1. The highest BCUT2D eigenvalue weighted by Crippen LogP contribution is 2.20. The van der Waals surface area contributed by atoms with Crippen LogP contribution in [0.25, 0.3) is 0 Å². The second-order valence-electron chi connectivity index (χ2n) is 5.83. The van der Waals surface area contributed by atoms with Crippen LogP contribution in [0.4, 0.5) is 0 Å². The van der Waals surface area contributed by atoms with Gasteiger partial charge in [-0.3, -0.25) is 4.79 Å². The van der Waals surface area contributed by atoms with Crippen molar-refractivity contribution in [3.63, 3.8) is 0 Å². The third-order valence-corrected chi connectivity index (χ3v) is 4.00. The molecule has 1 fully saturated rings. The van der Waals surface area contributed by atoms with E-state index >= 15 is 0 Å². The van der Waals surface area contributed by atoms with Crippen LogP contribution in [0.5, 0.6) is 0 Å². The van der Waals surface area contributed by atoms with Gasteiger partial charge in [0.2, 0.25) is 5.91 Å². The summed E-state index contributed by atoms with van der Waals surface area (Å²) in [6, 6.07) is 0. The Balaban J connectivity index is 0.00000289. The lowest BCUT2D eigenvalue weighted by Crippen LogP contribution is -2.43. The molecule has 3 nitrogen and oxygen atoms in total. The van der Waals surface area contributed by atoms with Crippen molar-refractivity contribution in [3.05, 3.63) is 0 Å². The molecule has 1 saturated heterocycles. The minimum atomic E-state index is 0. The summed E-state index contributed by atoms with van der Waals surface area (Å²) < 4.78 is 0. The molecular weight excluding hydrogens is 248 g/mol. The molecule has 0 aromatic carbocycles. The van der Waals surface area contributed by atoms with E-state index < -0.39 is 0 Å². The zero-order valence-corrected chi connectivity index (χ0v) is 13.1. The predicted molar refractivity (Wildman–Crippen MR) is 79.1 cm³/mol. The second kappa shape index (κ2) is 8.76. The highest BCUT2D eigenvalue weighted by Gasteiger charge is 2.24. The van der Waals surface area contributed by atoms with Crippen LogP contribution in [0.15, 0.2) is 0 Å². The summed E-state index contributed by atoms with van der Waals surface area (Å²) >= 11 is 0. The van der Waals surface area contributed by atoms with Crippen LogP contribution in [0.1, 0.15) is 40.0 Å². The third kappa shape index (κ3) is 5.57. The van der Waals surface area contributed by atoms with E-state index in [2.05, 4.69) is 31.0 Å². The molecule has 4 heteroatoms. The standard InChI is InChI=1S/C14H28N2O.ClH/c1-11(2)12(3)8-14(17)16-7-5-6-13(10-16)9-15-4;/h11-13,15H,5-10H2,1-4H3;1H. The number of piperidine rings is 1. The molecule has 0 spiro atoms. The van der Waals surface area contributed by atoms with Crippen molar-refractivity contribution in [2.75, 3.05) is 26.7 Å². The summed E-state index contributed by atoms with van der Waals surface area (Å²) in [6.45, 7) is 9.51. The van der Waals surface area contributed by atoms with Crippen LogP contribution in [0.2, 0.25) is 0 Å². The number of carbonyl (C=O) groups excluding carboxylic acids is 1. The Bertz CT molecular complexity index is 244. The van der Waals surface area contributed by atoms with Gasteiger partial charge in [0.25, 0.3) is 0 Å². The Morgan fingerprint density at radius 3 is 2.61 bits per heavy atom. The maximum absolute atomic E-state index is 12.2. The molecule has 18 heavy (non-hydrogen) atoms. The minimum Gasteiger partial charge on any atom is -0.342 e. The first-order valence-electron chi connectivity index (χ1n) is 6.97. The number of carbonyl (C=O) groups is 1. The van der Waals surface area contributed by atoms with Gasteiger partial charge in [-0.1, -0.05) is 20.8 Å². The Labute approximate surface area is 118 Å². The van der Waals surface area contributed by atoms with Gasteiger partial charge in [0.05, 0.1) is 0 Å². The highest BCUT2D eigenvalue weighted by molar-refractivity contribution is 5.85. The van der Waals surface area contributed by atoms with E-state index in [9.17, 15) is 4.79 Å². The minimum absolute atomic E-state index is 0. The van der Waals surface area contributed by atoms with Crippen LogP contribution < -0.4 is 5.32 Å². The maximum Gasteiger partial charge on any atom is 0.222 e. The number of amides is 1. The SMILES string of the molecule is CNCC1CCCN(C(=O)CC(C)C(C)C)C1.Cl. The number of nitrogens with zero attached hydrogens (tertiary/aromatic N) is 1. The molecule has 2 atom stereocenters. The van der Waals surface area contributed by atoms with Crippen molar-refractivity contribution in [1.82, 2.24) is 10.2 Å². The zero-order chi connectivity index (χ0) is 12.8. The monoisotopic (exact) mass is 276 g/mol. The van der Waals surface area contributed by atoms with Gasteiger partial charge in [-0.05, 0) is 44.2 Å². The van der Waals surface area contributed by atoms with Crippen molar-refractivity contribution in [3.8, 4) is 0 Å². The van der Waals surface area contributed by atoms with Gasteiger partial charge < -0.3 is 10.2 Å². The van der Waals surface area contributed by atoms with Gasteiger partial charge in [-0.25, -0.2) is 0 Å². The zero-order valence-electron chi connectivity index (χ0n) is 12.2. The first-order chi connectivity index (χ1) is 8.04. The third-order valence-electron chi connectivity index (χ3n) is 4.00. The van der Waals surface area contributed by atoms with Crippen LogP contribution in [-0.4, -0.2) is 37.5 Å². The van der Waals surface area contributed by atoms with Gasteiger partial charge in [-0.2, -0.15) is 0 Å². The van der Waals surface area contributed by atoms with E-state index in [1.807, 2.05) is 7.05 Å². The number of halogens is 1. The predicted octanol–water partition coefficient (Wildman–Crippen LogP) is 2.55. The van der Waals surface area contributed by atoms with E-state index in [1.54, 1.807) is 0 Å². The molecule has 0 aromatic heterocycles. The smallest absolute Gasteiger partial charge is 0.222 e. The van der Waals surface area contributed by atoms with Crippen molar-refractivity contribution in [1.29, 1.82) is 0 Å². The first-order valence-corrected chi connectivity index (χ1v) is 6.97. The summed E-state index contributed by atoms with van der Waals surface area (Å²) in [4.78, 5) is 14.2. The normalized spacial score (nSPS) is 21.6.